The highest BCUT2D eigenvalue weighted by molar-refractivity contribution is 5.89. The molecular weight excluding hydrogens is 497 g/mol. The van der Waals surface area contributed by atoms with Crippen LogP contribution in [0.2, 0.25) is 0 Å². The summed E-state index contributed by atoms with van der Waals surface area (Å²) in [4.78, 5) is 33.2. The zero-order valence-electron chi connectivity index (χ0n) is 21.8. The molecule has 1 aromatic heterocycles. The van der Waals surface area contributed by atoms with E-state index in [0.29, 0.717) is 28.2 Å². The van der Waals surface area contributed by atoms with Crippen LogP contribution in [0.15, 0.2) is 97.3 Å². The number of carbonyl (C=O) groups excluding carboxylic acids is 2. The lowest BCUT2D eigenvalue weighted by molar-refractivity contribution is -0.141. The van der Waals surface area contributed by atoms with Gasteiger partial charge in [0.15, 0.2) is 11.5 Å². The summed E-state index contributed by atoms with van der Waals surface area (Å²) in [5.74, 6) is 0.0639. The lowest BCUT2D eigenvalue weighted by Gasteiger charge is -2.32. The molecule has 0 bridgehead atoms. The second kappa shape index (κ2) is 13.2. The predicted octanol–water partition coefficient (Wildman–Crippen LogP) is 4.87. The second-order valence-corrected chi connectivity index (χ2v) is 8.90. The van der Waals surface area contributed by atoms with Crippen molar-refractivity contribution < 1.29 is 23.5 Å². The Kier molecular flexibility index (Phi) is 9.24. The highest BCUT2D eigenvalue weighted by Gasteiger charge is 2.31. The van der Waals surface area contributed by atoms with E-state index in [9.17, 15) is 14.0 Å². The molecule has 0 aliphatic carbocycles. The van der Waals surface area contributed by atoms with Crippen LogP contribution in [0.1, 0.15) is 28.3 Å². The zero-order valence-corrected chi connectivity index (χ0v) is 21.8. The number of nitrogens with one attached hydrogen (secondary N) is 1. The molecule has 1 atom stereocenters. The van der Waals surface area contributed by atoms with Gasteiger partial charge in [0.2, 0.25) is 11.8 Å². The van der Waals surface area contributed by atoms with Crippen LogP contribution >= 0.6 is 0 Å². The quantitative estimate of drug-likeness (QED) is 0.301. The molecule has 1 N–H and O–H groups in total. The summed E-state index contributed by atoms with van der Waals surface area (Å²) in [6, 6.07) is 23.0. The van der Waals surface area contributed by atoms with Crippen LogP contribution in [0.5, 0.6) is 11.5 Å². The maximum absolute atomic E-state index is 13.9. The van der Waals surface area contributed by atoms with Crippen LogP contribution < -0.4 is 14.8 Å². The summed E-state index contributed by atoms with van der Waals surface area (Å²) in [7, 11) is 3.07. The summed E-state index contributed by atoms with van der Waals surface area (Å²) in [6.45, 7) is 0.383. The minimum absolute atomic E-state index is 0.0164. The van der Waals surface area contributed by atoms with Crippen LogP contribution in [0.25, 0.3) is 0 Å². The molecule has 8 heteroatoms. The minimum atomic E-state index is -0.925. The number of ether oxygens (including phenoxy) is 2. The highest BCUT2D eigenvalue weighted by atomic mass is 19.1. The number of carbonyl (C=O) groups is 2. The minimum Gasteiger partial charge on any atom is -0.493 e. The Labute approximate surface area is 227 Å². The van der Waals surface area contributed by atoms with E-state index >= 15 is 0 Å². The van der Waals surface area contributed by atoms with Gasteiger partial charge in [0, 0.05) is 25.5 Å². The Morgan fingerprint density at radius 3 is 2.18 bits per heavy atom. The topological polar surface area (TPSA) is 80.8 Å². The molecule has 0 spiro atoms. The van der Waals surface area contributed by atoms with Gasteiger partial charge >= 0.3 is 0 Å². The molecule has 4 rings (SSSR count). The van der Waals surface area contributed by atoms with E-state index in [1.165, 1.54) is 24.1 Å². The van der Waals surface area contributed by atoms with Gasteiger partial charge in [0.1, 0.15) is 11.9 Å². The number of halogens is 1. The third-order valence-corrected chi connectivity index (χ3v) is 6.28. The van der Waals surface area contributed by atoms with Crippen LogP contribution in [-0.2, 0) is 29.1 Å². The van der Waals surface area contributed by atoms with Crippen molar-refractivity contribution in [1.29, 1.82) is 0 Å². The van der Waals surface area contributed by atoms with Crippen LogP contribution in [0.3, 0.4) is 0 Å². The summed E-state index contributed by atoms with van der Waals surface area (Å²) in [5, 5.41) is 2.97. The maximum atomic E-state index is 13.9. The summed E-state index contributed by atoms with van der Waals surface area (Å²) in [5.41, 5.74) is 2.94. The van der Waals surface area contributed by atoms with E-state index in [4.69, 9.17) is 9.47 Å². The van der Waals surface area contributed by atoms with Crippen molar-refractivity contribution in [2.24, 2.45) is 0 Å². The van der Waals surface area contributed by atoms with Gasteiger partial charge in [-0.05, 0) is 58.7 Å². The summed E-state index contributed by atoms with van der Waals surface area (Å²) >= 11 is 0. The largest absolute Gasteiger partial charge is 0.493 e. The first-order chi connectivity index (χ1) is 19.0. The Balaban J connectivity index is 1.68. The smallest absolute Gasteiger partial charge is 0.247 e. The fourth-order valence-electron chi connectivity index (χ4n) is 4.27. The Morgan fingerprint density at radius 2 is 1.51 bits per heavy atom. The molecule has 39 heavy (non-hydrogen) atoms. The number of pyridine rings is 1. The Hall–Kier alpha value is -4.72. The molecule has 0 aliphatic heterocycles. The standard InChI is InChI=1S/C31H30FN3O4/c1-38-27-13-10-24(18-28(27)39-2)19-29(36)35(21-23-8-11-26(32)12-9-23)30(25-6-4-3-5-7-25)31(37)34-20-22-14-16-33-17-15-22/h3-18,30H,19-21H2,1-2H3,(H,34,37)/t30-/m0/s1. The normalized spacial score (nSPS) is 11.4. The fourth-order valence-corrected chi connectivity index (χ4v) is 4.27. The number of hydrogen-bond donors (Lipinski definition) is 1. The molecule has 200 valence electrons. The van der Waals surface area contributed by atoms with Gasteiger partial charge in [-0.3, -0.25) is 14.6 Å². The van der Waals surface area contributed by atoms with Crippen molar-refractivity contribution in [3.63, 3.8) is 0 Å². The van der Waals surface area contributed by atoms with Gasteiger partial charge in [-0.25, -0.2) is 4.39 Å². The number of nitrogens with zero attached hydrogens (tertiary/aromatic N) is 2. The Bertz CT molecular complexity index is 1380. The number of aromatic nitrogens is 1. The SMILES string of the molecule is COc1ccc(CC(=O)N(Cc2ccc(F)cc2)[C@H](C(=O)NCc2ccncc2)c2ccccc2)cc1OC. The van der Waals surface area contributed by atoms with Gasteiger partial charge in [-0.2, -0.15) is 0 Å². The maximum Gasteiger partial charge on any atom is 0.247 e. The number of methoxy groups -OCH3 is 2. The average Bonchev–Trinajstić information content (AvgIpc) is 2.97. The van der Waals surface area contributed by atoms with E-state index in [1.807, 2.05) is 42.5 Å². The van der Waals surface area contributed by atoms with Gasteiger partial charge in [0.05, 0.1) is 20.6 Å². The third kappa shape index (κ3) is 7.19. The predicted molar refractivity (Wildman–Crippen MR) is 145 cm³/mol. The van der Waals surface area contributed by atoms with E-state index in [1.54, 1.807) is 49.8 Å². The molecule has 0 saturated heterocycles. The number of hydrogen-bond acceptors (Lipinski definition) is 5. The fraction of sp³-hybridized carbons (Fsp3) is 0.194. The van der Waals surface area contributed by atoms with Crippen molar-refractivity contribution in [3.8, 4) is 11.5 Å². The molecule has 3 aromatic carbocycles. The lowest BCUT2D eigenvalue weighted by atomic mass is 10.0. The lowest BCUT2D eigenvalue weighted by Crippen LogP contribution is -2.43. The van der Waals surface area contributed by atoms with Crippen molar-refractivity contribution in [1.82, 2.24) is 15.2 Å². The van der Waals surface area contributed by atoms with Crippen molar-refractivity contribution in [2.75, 3.05) is 14.2 Å². The van der Waals surface area contributed by atoms with Gasteiger partial charge in [0.25, 0.3) is 0 Å². The molecule has 0 unspecified atom stereocenters. The first-order valence-corrected chi connectivity index (χ1v) is 12.4. The first kappa shape index (κ1) is 27.3. The molecule has 7 nitrogen and oxygen atoms in total. The van der Waals surface area contributed by atoms with E-state index in [-0.39, 0.29) is 37.1 Å². The van der Waals surface area contributed by atoms with Crippen molar-refractivity contribution >= 4 is 11.8 Å². The van der Waals surface area contributed by atoms with E-state index in [0.717, 1.165) is 5.56 Å². The molecule has 1 heterocycles. The molecule has 0 fully saturated rings. The third-order valence-electron chi connectivity index (χ3n) is 6.28. The monoisotopic (exact) mass is 527 g/mol. The molecule has 0 saturated carbocycles. The van der Waals surface area contributed by atoms with Crippen molar-refractivity contribution in [3.05, 3.63) is 125 Å². The van der Waals surface area contributed by atoms with Gasteiger partial charge in [-0.15, -0.1) is 0 Å². The van der Waals surface area contributed by atoms with Crippen LogP contribution in [0, 0.1) is 5.82 Å². The zero-order chi connectivity index (χ0) is 27.6. The van der Waals surface area contributed by atoms with Gasteiger partial charge in [-0.1, -0.05) is 48.5 Å². The number of benzene rings is 3. The number of rotatable bonds is 11. The second-order valence-electron chi connectivity index (χ2n) is 8.90. The summed E-state index contributed by atoms with van der Waals surface area (Å²) in [6.07, 6.45) is 3.33. The molecule has 0 aliphatic rings. The van der Waals surface area contributed by atoms with Crippen LogP contribution in [-0.4, -0.2) is 35.9 Å². The molecule has 4 aromatic rings. The average molecular weight is 528 g/mol. The Morgan fingerprint density at radius 1 is 0.846 bits per heavy atom. The van der Waals surface area contributed by atoms with Crippen molar-refractivity contribution in [2.45, 2.75) is 25.6 Å². The van der Waals surface area contributed by atoms with Gasteiger partial charge < -0.3 is 19.7 Å². The number of amides is 2. The molecular formula is C31H30FN3O4. The summed E-state index contributed by atoms with van der Waals surface area (Å²) < 4.78 is 24.4. The van der Waals surface area contributed by atoms with E-state index < -0.39 is 6.04 Å². The van der Waals surface area contributed by atoms with E-state index in [2.05, 4.69) is 10.3 Å². The highest BCUT2D eigenvalue weighted by Crippen LogP contribution is 2.29. The van der Waals surface area contributed by atoms with Crippen LogP contribution in [0.4, 0.5) is 4.39 Å². The molecule has 2 amide bonds. The molecule has 0 radical (unpaired) electrons. The first-order valence-electron chi connectivity index (χ1n) is 12.4.